The largest absolute Gasteiger partial charge is 0.387 e. The van der Waals surface area contributed by atoms with Crippen LogP contribution in [0.15, 0.2) is 18.2 Å². The summed E-state index contributed by atoms with van der Waals surface area (Å²) in [6.07, 6.45) is 0. The lowest BCUT2D eigenvalue weighted by Gasteiger charge is -2.12. The summed E-state index contributed by atoms with van der Waals surface area (Å²) in [5.74, 6) is 0.0108. The highest BCUT2D eigenvalue weighted by atomic mass is 16.1. The van der Waals surface area contributed by atoms with Gasteiger partial charge in [-0.25, -0.2) is 0 Å². The molecule has 1 aromatic carbocycles. The van der Waals surface area contributed by atoms with Crippen LogP contribution in [-0.2, 0) is 0 Å². The molecule has 3 nitrogen and oxygen atoms in total. The summed E-state index contributed by atoms with van der Waals surface area (Å²) in [5, 5.41) is 6.25. The predicted octanol–water partition coefficient (Wildman–Crippen LogP) is 3.20. The molecule has 2 rings (SSSR count). The molecule has 19 heavy (non-hydrogen) atoms. The highest BCUT2D eigenvalue weighted by molar-refractivity contribution is 6.00. The van der Waals surface area contributed by atoms with Crippen molar-refractivity contribution in [3.05, 3.63) is 29.3 Å². The maximum absolute atomic E-state index is 12.5. The molecule has 0 unspecified atom stereocenters. The molecule has 1 saturated carbocycles. The fourth-order valence-corrected chi connectivity index (χ4v) is 2.83. The number of carbonyl (C=O) groups is 1. The third-order valence-corrected chi connectivity index (χ3v) is 4.99. The molecule has 0 aliphatic heterocycles. The summed E-state index contributed by atoms with van der Waals surface area (Å²) in [4.78, 5) is 12.5. The van der Waals surface area contributed by atoms with Gasteiger partial charge in [0.25, 0.3) is 5.91 Å². The number of anilines is 1. The monoisotopic (exact) mass is 260 g/mol. The van der Waals surface area contributed by atoms with Crippen molar-refractivity contribution in [3.8, 4) is 0 Å². The van der Waals surface area contributed by atoms with E-state index < -0.39 is 0 Å². The molecule has 104 valence electrons. The highest BCUT2D eigenvalue weighted by Gasteiger charge is 2.65. The van der Waals surface area contributed by atoms with E-state index in [4.69, 9.17) is 0 Å². The molecule has 1 aromatic rings. The van der Waals surface area contributed by atoms with Gasteiger partial charge in [-0.3, -0.25) is 4.79 Å². The number of hydrogen-bond donors (Lipinski definition) is 2. The Bertz CT molecular complexity index is 503. The minimum atomic E-state index is 0.0108. The lowest BCUT2D eigenvalue weighted by molar-refractivity contribution is 0.0944. The van der Waals surface area contributed by atoms with Crippen molar-refractivity contribution < 1.29 is 4.79 Å². The number of carbonyl (C=O) groups excluding carboxylic acids is 1. The molecule has 1 amide bonds. The van der Waals surface area contributed by atoms with Gasteiger partial charge in [-0.05, 0) is 29.9 Å². The first kappa shape index (κ1) is 13.9. The molecule has 2 N–H and O–H groups in total. The maximum Gasteiger partial charge on any atom is 0.253 e. The normalized spacial score (nSPS) is 19.9. The van der Waals surface area contributed by atoms with Crippen LogP contribution in [0.3, 0.4) is 0 Å². The fourth-order valence-electron chi connectivity index (χ4n) is 2.83. The first-order valence-corrected chi connectivity index (χ1v) is 6.81. The zero-order valence-corrected chi connectivity index (χ0v) is 12.7. The second-order valence-electron chi connectivity index (χ2n) is 6.65. The second kappa shape index (κ2) is 4.26. The van der Waals surface area contributed by atoms with Crippen LogP contribution >= 0.6 is 0 Å². The van der Waals surface area contributed by atoms with E-state index >= 15 is 0 Å². The second-order valence-corrected chi connectivity index (χ2v) is 6.65. The molecule has 1 fully saturated rings. The van der Waals surface area contributed by atoms with Gasteiger partial charge in [-0.1, -0.05) is 39.3 Å². The summed E-state index contributed by atoms with van der Waals surface area (Å²) in [5.41, 5.74) is 3.01. The SMILES string of the molecule is CNc1ccc(C)cc1C(=O)NC1C(C)(C)C1(C)C. The molecule has 0 atom stereocenters. The van der Waals surface area contributed by atoms with Crippen molar-refractivity contribution in [2.45, 2.75) is 40.7 Å². The molecule has 0 heterocycles. The predicted molar refractivity (Wildman–Crippen MR) is 79.5 cm³/mol. The van der Waals surface area contributed by atoms with Gasteiger partial charge in [-0.15, -0.1) is 0 Å². The minimum Gasteiger partial charge on any atom is -0.387 e. The molecule has 1 aliphatic carbocycles. The Morgan fingerprint density at radius 2 is 1.74 bits per heavy atom. The molecule has 0 saturated heterocycles. The van der Waals surface area contributed by atoms with Crippen molar-refractivity contribution >= 4 is 11.6 Å². The molecule has 1 aliphatic rings. The van der Waals surface area contributed by atoms with Gasteiger partial charge >= 0.3 is 0 Å². The molecular formula is C16H24N2O. The van der Waals surface area contributed by atoms with Crippen LogP contribution in [0.25, 0.3) is 0 Å². The lowest BCUT2D eigenvalue weighted by atomic mass is 10.0. The van der Waals surface area contributed by atoms with Gasteiger partial charge in [0.1, 0.15) is 0 Å². The molecule has 0 spiro atoms. The Hall–Kier alpha value is -1.51. The molecule has 0 radical (unpaired) electrons. The van der Waals surface area contributed by atoms with E-state index in [2.05, 4.69) is 38.3 Å². The Balaban J connectivity index is 2.20. The Kier molecular flexibility index (Phi) is 3.12. The van der Waals surface area contributed by atoms with Crippen LogP contribution in [0, 0.1) is 17.8 Å². The van der Waals surface area contributed by atoms with E-state index in [1.165, 1.54) is 0 Å². The standard InChI is InChI=1S/C16H24N2O/c1-10-7-8-12(17-6)11(9-10)13(19)18-14-15(2,3)16(14,4)5/h7-9,14,17H,1-6H3,(H,18,19). The quantitative estimate of drug-likeness (QED) is 0.876. The summed E-state index contributed by atoms with van der Waals surface area (Å²) in [6.45, 7) is 10.8. The fraction of sp³-hybridized carbons (Fsp3) is 0.562. The molecular weight excluding hydrogens is 236 g/mol. The van der Waals surface area contributed by atoms with Gasteiger partial charge in [0, 0.05) is 18.8 Å². The number of aryl methyl sites for hydroxylation is 1. The smallest absolute Gasteiger partial charge is 0.253 e. The Labute approximate surface area is 115 Å². The number of hydrogen-bond acceptors (Lipinski definition) is 2. The van der Waals surface area contributed by atoms with Crippen molar-refractivity contribution in [2.75, 3.05) is 12.4 Å². The molecule has 0 aromatic heterocycles. The van der Waals surface area contributed by atoms with Gasteiger partial charge < -0.3 is 10.6 Å². The van der Waals surface area contributed by atoms with Crippen LogP contribution in [0.1, 0.15) is 43.6 Å². The molecule has 0 bridgehead atoms. The summed E-state index contributed by atoms with van der Waals surface area (Å²) in [6, 6.07) is 6.13. The molecule has 3 heteroatoms. The van der Waals surface area contributed by atoms with Crippen molar-refractivity contribution in [1.29, 1.82) is 0 Å². The lowest BCUT2D eigenvalue weighted by Crippen LogP contribution is -2.30. The van der Waals surface area contributed by atoms with Crippen LogP contribution in [-0.4, -0.2) is 19.0 Å². The zero-order valence-electron chi connectivity index (χ0n) is 12.7. The van der Waals surface area contributed by atoms with Crippen LogP contribution < -0.4 is 10.6 Å². The summed E-state index contributed by atoms with van der Waals surface area (Å²) >= 11 is 0. The number of nitrogens with one attached hydrogen (secondary N) is 2. The van der Waals surface area contributed by atoms with E-state index in [0.29, 0.717) is 0 Å². The van der Waals surface area contributed by atoms with E-state index in [1.54, 1.807) is 0 Å². The average molecular weight is 260 g/mol. The Morgan fingerprint density at radius 1 is 1.16 bits per heavy atom. The number of rotatable bonds is 3. The number of benzene rings is 1. The summed E-state index contributed by atoms with van der Waals surface area (Å²) in [7, 11) is 1.84. The zero-order chi connectivity index (χ0) is 14.4. The first-order valence-electron chi connectivity index (χ1n) is 6.81. The third kappa shape index (κ3) is 2.11. The minimum absolute atomic E-state index is 0.0108. The van der Waals surface area contributed by atoms with E-state index in [0.717, 1.165) is 16.8 Å². The van der Waals surface area contributed by atoms with Gasteiger partial charge in [0.15, 0.2) is 0 Å². The average Bonchev–Trinajstić information content (AvgIpc) is 2.71. The van der Waals surface area contributed by atoms with Crippen LogP contribution in [0.2, 0.25) is 0 Å². The highest BCUT2D eigenvalue weighted by Crippen LogP contribution is 2.62. The van der Waals surface area contributed by atoms with Crippen LogP contribution in [0.4, 0.5) is 5.69 Å². The third-order valence-electron chi connectivity index (χ3n) is 4.99. The van der Waals surface area contributed by atoms with E-state index in [1.807, 2.05) is 32.2 Å². The topological polar surface area (TPSA) is 41.1 Å². The van der Waals surface area contributed by atoms with Crippen molar-refractivity contribution in [2.24, 2.45) is 10.8 Å². The first-order chi connectivity index (χ1) is 8.71. The Morgan fingerprint density at radius 3 is 2.21 bits per heavy atom. The van der Waals surface area contributed by atoms with Gasteiger partial charge in [-0.2, -0.15) is 0 Å². The van der Waals surface area contributed by atoms with Gasteiger partial charge in [0.2, 0.25) is 0 Å². The van der Waals surface area contributed by atoms with Crippen molar-refractivity contribution in [1.82, 2.24) is 5.32 Å². The van der Waals surface area contributed by atoms with Gasteiger partial charge in [0.05, 0.1) is 5.56 Å². The summed E-state index contributed by atoms with van der Waals surface area (Å²) < 4.78 is 0. The van der Waals surface area contributed by atoms with Crippen molar-refractivity contribution in [3.63, 3.8) is 0 Å². The van der Waals surface area contributed by atoms with Crippen LogP contribution in [0.5, 0.6) is 0 Å². The maximum atomic E-state index is 12.5. The van der Waals surface area contributed by atoms with E-state index in [-0.39, 0.29) is 22.8 Å². The van der Waals surface area contributed by atoms with E-state index in [9.17, 15) is 4.79 Å². The number of amides is 1.